The number of benzene rings is 1. The lowest BCUT2D eigenvalue weighted by molar-refractivity contribution is -0.115. The Kier molecular flexibility index (Phi) is 2.21. The minimum Gasteiger partial charge on any atom is -0.274 e. The van der Waals surface area contributed by atoms with Crippen LogP contribution in [0.5, 0.6) is 0 Å². The van der Waals surface area contributed by atoms with Crippen molar-refractivity contribution in [2.45, 2.75) is 6.92 Å². The quantitative estimate of drug-likeness (QED) is 0.733. The lowest BCUT2D eigenvalue weighted by Crippen LogP contribution is -2.31. The number of carbonyl (C=O) groups excluding carboxylic acids is 1. The molecule has 0 saturated heterocycles. The van der Waals surface area contributed by atoms with E-state index in [0.29, 0.717) is 10.9 Å². The van der Waals surface area contributed by atoms with E-state index in [4.69, 9.17) is 0 Å². The predicted octanol–water partition coefficient (Wildman–Crippen LogP) is 0.486. The van der Waals surface area contributed by atoms with Crippen LogP contribution in [0.15, 0.2) is 35.4 Å². The molecule has 0 bridgehead atoms. The van der Waals surface area contributed by atoms with Crippen LogP contribution < -0.4 is 11.0 Å². The number of nitrogens with zero attached hydrogens (tertiary/aromatic N) is 2. The van der Waals surface area contributed by atoms with Crippen LogP contribution >= 0.6 is 0 Å². The fourth-order valence-electron chi connectivity index (χ4n) is 1.32. The Hall–Kier alpha value is -2.17. The summed E-state index contributed by atoms with van der Waals surface area (Å²) < 4.78 is 1.07. The minimum absolute atomic E-state index is 0.282. The highest BCUT2D eigenvalue weighted by molar-refractivity contribution is 5.82. The molecule has 1 aromatic heterocycles. The van der Waals surface area contributed by atoms with Gasteiger partial charge in [-0.05, 0) is 12.1 Å². The van der Waals surface area contributed by atoms with Gasteiger partial charge in [0.15, 0.2) is 0 Å². The van der Waals surface area contributed by atoms with Crippen molar-refractivity contribution in [2.24, 2.45) is 0 Å². The number of aromatic nitrogens is 2. The van der Waals surface area contributed by atoms with Gasteiger partial charge in [0.1, 0.15) is 6.33 Å². The highest BCUT2D eigenvalue weighted by Crippen LogP contribution is 2.03. The maximum Gasteiger partial charge on any atom is 0.280 e. The molecule has 0 unspecified atom stereocenters. The number of para-hydroxylation sites is 1. The molecule has 0 saturated carbocycles. The van der Waals surface area contributed by atoms with Gasteiger partial charge in [0.2, 0.25) is 5.91 Å². The van der Waals surface area contributed by atoms with E-state index in [0.717, 1.165) is 4.68 Å². The van der Waals surface area contributed by atoms with Gasteiger partial charge in [-0.3, -0.25) is 15.0 Å². The largest absolute Gasteiger partial charge is 0.280 e. The molecule has 0 spiro atoms. The molecule has 76 valence electrons. The van der Waals surface area contributed by atoms with Crippen LogP contribution in [0, 0.1) is 0 Å². The fraction of sp³-hybridized carbons (Fsp3) is 0.100. The van der Waals surface area contributed by atoms with E-state index < -0.39 is 0 Å². The fourth-order valence-corrected chi connectivity index (χ4v) is 1.32. The SMILES string of the molecule is CC(=O)Nn1cnc2ccccc2c1=O. The summed E-state index contributed by atoms with van der Waals surface area (Å²) in [7, 11) is 0. The lowest BCUT2D eigenvalue weighted by atomic mass is 10.2. The average Bonchev–Trinajstić information content (AvgIpc) is 2.22. The molecule has 1 heterocycles. The van der Waals surface area contributed by atoms with Crippen LogP contribution in [-0.4, -0.2) is 15.6 Å². The van der Waals surface area contributed by atoms with Gasteiger partial charge in [-0.1, -0.05) is 12.1 Å². The first-order valence-corrected chi connectivity index (χ1v) is 4.42. The van der Waals surface area contributed by atoms with Gasteiger partial charge in [-0.2, -0.15) is 0 Å². The molecule has 5 nitrogen and oxygen atoms in total. The number of hydrogen-bond donors (Lipinski definition) is 1. The third-order valence-corrected chi connectivity index (χ3v) is 1.94. The zero-order valence-electron chi connectivity index (χ0n) is 8.10. The second-order valence-corrected chi connectivity index (χ2v) is 3.10. The molecule has 0 atom stereocenters. The number of amides is 1. The van der Waals surface area contributed by atoms with Gasteiger partial charge in [0.05, 0.1) is 10.9 Å². The van der Waals surface area contributed by atoms with Crippen LogP contribution in [0.2, 0.25) is 0 Å². The van der Waals surface area contributed by atoms with E-state index in [-0.39, 0.29) is 11.5 Å². The summed E-state index contributed by atoms with van der Waals surface area (Å²) in [5.41, 5.74) is 2.70. The van der Waals surface area contributed by atoms with Gasteiger partial charge < -0.3 is 0 Å². The topological polar surface area (TPSA) is 64.0 Å². The Morgan fingerprint density at radius 1 is 1.40 bits per heavy atom. The van der Waals surface area contributed by atoms with E-state index in [1.165, 1.54) is 13.3 Å². The smallest absolute Gasteiger partial charge is 0.274 e. The number of fused-ring (bicyclic) bond motifs is 1. The van der Waals surface area contributed by atoms with Gasteiger partial charge in [-0.15, -0.1) is 0 Å². The summed E-state index contributed by atoms with van der Waals surface area (Å²) in [6.45, 7) is 1.33. The van der Waals surface area contributed by atoms with Gasteiger partial charge in [-0.25, -0.2) is 9.66 Å². The van der Waals surface area contributed by atoms with Crippen molar-refractivity contribution in [1.82, 2.24) is 9.66 Å². The van der Waals surface area contributed by atoms with Crippen LogP contribution in [0.1, 0.15) is 6.92 Å². The van der Waals surface area contributed by atoms with Crippen molar-refractivity contribution in [3.05, 3.63) is 40.9 Å². The van der Waals surface area contributed by atoms with Crippen LogP contribution in [0.4, 0.5) is 0 Å². The second-order valence-electron chi connectivity index (χ2n) is 3.10. The maximum absolute atomic E-state index is 11.8. The van der Waals surface area contributed by atoms with Gasteiger partial charge >= 0.3 is 0 Å². The first-order valence-electron chi connectivity index (χ1n) is 4.42. The average molecular weight is 203 g/mol. The van der Waals surface area contributed by atoms with Crippen molar-refractivity contribution in [3.8, 4) is 0 Å². The zero-order chi connectivity index (χ0) is 10.8. The van der Waals surface area contributed by atoms with Crippen LogP contribution in [0.25, 0.3) is 10.9 Å². The summed E-state index contributed by atoms with van der Waals surface area (Å²) in [6, 6.07) is 6.97. The Balaban J connectivity index is 2.65. The monoisotopic (exact) mass is 203 g/mol. The standard InChI is InChI=1S/C10H9N3O2/c1-7(14)12-13-6-11-9-5-3-2-4-8(9)10(13)15/h2-6H,1H3,(H,12,14). The van der Waals surface area contributed by atoms with Crippen molar-refractivity contribution in [3.63, 3.8) is 0 Å². The molecule has 0 aliphatic rings. The molecule has 2 rings (SSSR count). The lowest BCUT2D eigenvalue weighted by Gasteiger charge is -2.05. The van der Waals surface area contributed by atoms with E-state index in [1.54, 1.807) is 24.3 Å². The maximum atomic E-state index is 11.8. The normalized spacial score (nSPS) is 10.2. The van der Waals surface area contributed by atoms with E-state index in [2.05, 4.69) is 10.4 Å². The first-order chi connectivity index (χ1) is 7.18. The summed E-state index contributed by atoms with van der Waals surface area (Å²) >= 11 is 0. The third-order valence-electron chi connectivity index (χ3n) is 1.94. The number of carbonyl (C=O) groups is 1. The Labute approximate surface area is 85.3 Å². The molecule has 0 aliphatic heterocycles. The molecule has 1 amide bonds. The van der Waals surface area contributed by atoms with E-state index in [9.17, 15) is 9.59 Å². The molecule has 0 aliphatic carbocycles. The van der Waals surface area contributed by atoms with Crippen molar-refractivity contribution in [2.75, 3.05) is 5.43 Å². The Bertz CT molecular complexity index is 574. The van der Waals surface area contributed by atoms with Crippen molar-refractivity contribution < 1.29 is 4.79 Å². The van der Waals surface area contributed by atoms with Crippen molar-refractivity contribution in [1.29, 1.82) is 0 Å². The highest BCUT2D eigenvalue weighted by atomic mass is 16.2. The molecule has 1 N–H and O–H groups in total. The Morgan fingerprint density at radius 3 is 2.87 bits per heavy atom. The summed E-state index contributed by atoms with van der Waals surface area (Å²) in [5, 5.41) is 0.480. The molecule has 1 aromatic carbocycles. The zero-order valence-corrected chi connectivity index (χ0v) is 8.10. The summed E-state index contributed by atoms with van der Waals surface area (Å²) in [5.74, 6) is -0.311. The Morgan fingerprint density at radius 2 is 2.13 bits per heavy atom. The third kappa shape index (κ3) is 1.71. The molecule has 0 fully saturated rings. The highest BCUT2D eigenvalue weighted by Gasteiger charge is 2.03. The molecule has 5 heteroatoms. The van der Waals surface area contributed by atoms with Gasteiger partial charge in [0.25, 0.3) is 5.56 Å². The van der Waals surface area contributed by atoms with Crippen LogP contribution in [-0.2, 0) is 4.79 Å². The second kappa shape index (κ2) is 3.53. The molecule has 0 radical (unpaired) electrons. The minimum atomic E-state index is -0.311. The predicted molar refractivity (Wildman–Crippen MR) is 56.0 cm³/mol. The molecule has 2 aromatic rings. The molecular weight excluding hydrogens is 194 g/mol. The van der Waals surface area contributed by atoms with E-state index in [1.807, 2.05) is 0 Å². The summed E-state index contributed by atoms with van der Waals surface area (Å²) in [4.78, 5) is 26.6. The van der Waals surface area contributed by atoms with E-state index >= 15 is 0 Å². The van der Waals surface area contributed by atoms with Gasteiger partial charge in [0, 0.05) is 6.92 Å². The van der Waals surface area contributed by atoms with Crippen LogP contribution in [0.3, 0.4) is 0 Å². The first kappa shape index (κ1) is 9.39. The number of nitrogens with one attached hydrogen (secondary N) is 1. The van der Waals surface area contributed by atoms with Crippen molar-refractivity contribution >= 4 is 16.8 Å². The number of rotatable bonds is 1. The molecular formula is C10H9N3O2. The molecule has 15 heavy (non-hydrogen) atoms. The number of hydrogen-bond acceptors (Lipinski definition) is 3. The summed E-state index contributed by atoms with van der Waals surface area (Å²) in [6.07, 6.45) is 1.30.